The predicted molar refractivity (Wildman–Crippen MR) is 132 cm³/mol. The van der Waals surface area contributed by atoms with Crippen LogP contribution in [-0.2, 0) is 6.42 Å². The predicted octanol–water partition coefficient (Wildman–Crippen LogP) is 3.33. The zero-order chi connectivity index (χ0) is 25.4. The number of ketones is 1. The first-order valence-corrected chi connectivity index (χ1v) is 12.3. The topological polar surface area (TPSA) is 134 Å². The molecule has 0 saturated heterocycles. The molecule has 1 aliphatic rings. The van der Waals surface area contributed by atoms with Crippen molar-refractivity contribution >= 4 is 39.7 Å². The molecule has 5 rings (SSSR count). The summed E-state index contributed by atoms with van der Waals surface area (Å²) in [6.45, 7) is 0. The van der Waals surface area contributed by atoms with Crippen molar-refractivity contribution in [3.8, 4) is 0 Å². The van der Waals surface area contributed by atoms with Gasteiger partial charge in [0, 0.05) is 22.5 Å². The Hall–Kier alpha value is -3.54. The van der Waals surface area contributed by atoms with Crippen molar-refractivity contribution in [3.05, 3.63) is 75.9 Å². The fourth-order valence-corrected chi connectivity index (χ4v) is 5.30. The monoisotopic (exact) mass is 511 g/mol. The van der Waals surface area contributed by atoms with Gasteiger partial charge >= 0.3 is 0 Å². The summed E-state index contributed by atoms with van der Waals surface area (Å²) in [6.07, 6.45) is 1.89. The van der Waals surface area contributed by atoms with Gasteiger partial charge in [-0.15, -0.1) is 0 Å². The van der Waals surface area contributed by atoms with E-state index < -0.39 is 29.9 Å². The van der Waals surface area contributed by atoms with Gasteiger partial charge in [-0.05, 0) is 60.4 Å². The van der Waals surface area contributed by atoms with Gasteiger partial charge in [0.25, 0.3) is 0 Å². The Kier molecular flexibility index (Phi) is 6.61. The number of hydrogen-bond donors (Lipinski definition) is 4. The third-order valence-corrected chi connectivity index (χ3v) is 7.28. The van der Waals surface area contributed by atoms with Crippen molar-refractivity contribution in [2.75, 3.05) is 11.1 Å². The number of aryl methyl sites for hydroxylation is 1. The number of pyridine rings is 1. The van der Waals surface area contributed by atoms with E-state index in [1.807, 2.05) is 0 Å². The molecule has 0 bridgehead atoms. The van der Waals surface area contributed by atoms with Crippen LogP contribution in [0, 0.1) is 17.6 Å². The fraction of sp³-hybridized carbons (Fsp3) is 0.280. The minimum Gasteiger partial charge on any atom is -0.390 e. The average Bonchev–Trinajstić information content (AvgIpc) is 3.49. The van der Waals surface area contributed by atoms with Crippen LogP contribution >= 0.6 is 11.3 Å². The normalized spacial score (nSPS) is 21.7. The number of hydrogen-bond acceptors (Lipinski definition) is 9. The fourth-order valence-electron chi connectivity index (χ4n) is 4.66. The molecule has 0 radical (unpaired) electrons. The Morgan fingerprint density at radius 2 is 2.03 bits per heavy atom. The maximum atomic E-state index is 14.5. The van der Waals surface area contributed by atoms with E-state index >= 15 is 0 Å². The van der Waals surface area contributed by atoms with E-state index in [2.05, 4.69) is 20.3 Å². The molecular formula is C25H23F2N5O3S. The molecule has 8 nitrogen and oxygen atoms in total. The van der Waals surface area contributed by atoms with Crippen LogP contribution in [0.2, 0.25) is 0 Å². The highest BCUT2D eigenvalue weighted by Gasteiger charge is 2.41. The van der Waals surface area contributed by atoms with Gasteiger partial charge < -0.3 is 21.3 Å². The summed E-state index contributed by atoms with van der Waals surface area (Å²) < 4.78 is 28.2. The minimum absolute atomic E-state index is 0.0451. The zero-order valence-corrected chi connectivity index (χ0v) is 19.8. The Bertz CT molecular complexity index is 1420. The van der Waals surface area contributed by atoms with Gasteiger partial charge in [-0.2, -0.15) is 11.3 Å². The minimum atomic E-state index is -1.09. The number of thiophene rings is 1. The van der Waals surface area contributed by atoms with Gasteiger partial charge in [0.05, 0.1) is 23.2 Å². The molecule has 11 heteroatoms. The Balaban J connectivity index is 1.29. The maximum Gasteiger partial charge on any atom is 0.199 e. The first-order chi connectivity index (χ1) is 17.3. The van der Waals surface area contributed by atoms with Crippen LogP contribution in [-0.4, -0.2) is 49.2 Å². The highest BCUT2D eigenvalue weighted by molar-refractivity contribution is 7.08. The highest BCUT2D eigenvalue weighted by Crippen LogP contribution is 2.33. The third-order valence-electron chi connectivity index (χ3n) is 6.59. The lowest BCUT2D eigenvalue weighted by atomic mass is 9.95. The van der Waals surface area contributed by atoms with Crippen LogP contribution in [0.25, 0.3) is 10.9 Å². The lowest BCUT2D eigenvalue weighted by Gasteiger charge is -2.19. The summed E-state index contributed by atoms with van der Waals surface area (Å²) in [6, 6.07) is 5.14. The largest absolute Gasteiger partial charge is 0.390 e. The Labute approximate surface area is 208 Å². The van der Waals surface area contributed by atoms with Crippen molar-refractivity contribution in [1.82, 2.24) is 15.0 Å². The molecule has 4 aromatic rings. The second-order valence-corrected chi connectivity index (χ2v) is 9.67. The molecule has 1 aliphatic carbocycles. The zero-order valence-electron chi connectivity index (χ0n) is 18.9. The van der Waals surface area contributed by atoms with Crippen molar-refractivity contribution in [2.45, 2.75) is 37.5 Å². The molecule has 0 amide bonds. The summed E-state index contributed by atoms with van der Waals surface area (Å²) in [5.41, 5.74) is 7.19. The number of rotatable bonds is 7. The van der Waals surface area contributed by atoms with E-state index in [0.29, 0.717) is 30.4 Å². The van der Waals surface area contributed by atoms with Gasteiger partial charge in [-0.1, -0.05) is 0 Å². The number of carbonyl (C=O) groups excluding carboxylic acids is 1. The van der Waals surface area contributed by atoms with Crippen molar-refractivity contribution < 1.29 is 23.8 Å². The number of aliphatic hydroxyl groups is 2. The van der Waals surface area contributed by atoms with Crippen LogP contribution < -0.4 is 11.1 Å². The summed E-state index contributed by atoms with van der Waals surface area (Å²) in [5.74, 6) is -1.93. The first-order valence-electron chi connectivity index (χ1n) is 11.4. The van der Waals surface area contributed by atoms with E-state index in [-0.39, 0.29) is 39.8 Å². The maximum absolute atomic E-state index is 14.5. The van der Waals surface area contributed by atoms with Gasteiger partial charge in [0.2, 0.25) is 0 Å². The molecule has 36 heavy (non-hydrogen) atoms. The number of aromatic nitrogens is 3. The molecule has 186 valence electrons. The Morgan fingerprint density at radius 3 is 2.81 bits per heavy atom. The molecule has 0 aliphatic heterocycles. The van der Waals surface area contributed by atoms with Crippen LogP contribution in [0.15, 0.2) is 47.5 Å². The number of halogens is 2. The third kappa shape index (κ3) is 4.64. The molecule has 0 spiro atoms. The number of anilines is 2. The van der Waals surface area contributed by atoms with E-state index in [1.54, 1.807) is 22.9 Å². The lowest BCUT2D eigenvalue weighted by molar-refractivity contribution is 0.0158. The summed E-state index contributed by atoms with van der Waals surface area (Å²) >= 11 is 1.40. The van der Waals surface area contributed by atoms with Crippen LogP contribution in [0.1, 0.15) is 34.3 Å². The number of nitrogen functional groups attached to an aromatic ring is 1. The van der Waals surface area contributed by atoms with Gasteiger partial charge in [0.15, 0.2) is 17.4 Å². The summed E-state index contributed by atoms with van der Waals surface area (Å²) in [4.78, 5) is 24.9. The molecule has 3 aromatic heterocycles. The summed E-state index contributed by atoms with van der Waals surface area (Å²) in [7, 11) is 0. The number of nitrogens with zero attached hydrogens (tertiary/aromatic N) is 3. The van der Waals surface area contributed by atoms with Crippen LogP contribution in [0.4, 0.5) is 20.4 Å². The first kappa shape index (κ1) is 24.2. The van der Waals surface area contributed by atoms with Crippen molar-refractivity contribution in [3.63, 3.8) is 0 Å². The van der Waals surface area contributed by atoms with Crippen molar-refractivity contribution in [1.29, 1.82) is 0 Å². The summed E-state index contributed by atoms with van der Waals surface area (Å²) in [5, 5.41) is 28.0. The average molecular weight is 512 g/mol. The standard InChI is InChI=1S/C25H23F2N5O3S/c26-17-5-12(6-19-15(17)8-18(27)24(28)31-19)1-2-13-7-20(23(35)22(13)34)32-25-16(9-29-11-30-25)21(33)14-3-4-36-10-14/h3-6,8-11,13,20,22-23,34-35H,1-2,7H2,(H2,28,31)(H,29,30,32)/t13-,20+,22+,23-/m0/s1. The number of fused-ring (bicyclic) bond motifs is 1. The second kappa shape index (κ2) is 9.84. The lowest BCUT2D eigenvalue weighted by Crippen LogP contribution is -2.35. The van der Waals surface area contributed by atoms with E-state index in [4.69, 9.17) is 5.73 Å². The molecule has 1 fully saturated rings. The molecule has 4 atom stereocenters. The number of aliphatic hydroxyl groups excluding tert-OH is 2. The number of benzene rings is 1. The molecule has 1 saturated carbocycles. The number of carbonyl (C=O) groups is 1. The highest BCUT2D eigenvalue weighted by atomic mass is 32.1. The molecule has 3 heterocycles. The number of nitrogens with two attached hydrogens (primary N) is 1. The molecule has 1 aromatic carbocycles. The number of nitrogens with one attached hydrogen (secondary N) is 1. The Morgan fingerprint density at radius 1 is 1.19 bits per heavy atom. The quantitative estimate of drug-likeness (QED) is 0.278. The second-order valence-electron chi connectivity index (χ2n) is 8.89. The SMILES string of the molecule is Nc1nc2cc(CC[C@H]3C[C@@H](Nc4ncncc4C(=O)c4ccsc4)[C@H](O)[C@@H]3O)cc(F)c2cc1F. The molecule has 0 unspecified atom stereocenters. The van der Waals surface area contributed by atoms with Crippen LogP contribution in [0.3, 0.4) is 0 Å². The van der Waals surface area contributed by atoms with E-state index in [0.717, 1.165) is 6.07 Å². The van der Waals surface area contributed by atoms with Gasteiger partial charge in [-0.3, -0.25) is 4.79 Å². The van der Waals surface area contributed by atoms with Gasteiger partial charge in [-0.25, -0.2) is 23.7 Å². The van der Waals surface area contributed by atoms with Crippen molar-refractivity contribution in [2.24, 2.45) is 5.92 Å². The smallest absolute Gasteiger partial charge is 0.199 e. The molecular weight excluding hydrogens is 488 g/mol. The van der Waals surface area contributed by atoms with E-state index in [1.165, 1.54) is 29.9 Å². The molecule has 5 N–H and O–H groups in total. The van der Waals surface area contributed by atoms with Gasteiger partial charge in [0.1, 0.15) is 24.1 Å². The van der Waals surface area contributed by atoms with Crippen LogP contribution in [0.5, 0.6) is 0 Å². The van der Waals surface area contributed by atoms with E-state index in [9.17, 15) is 23.8 Å².